The third-order valence-corrected chi connectivity index (χ3v) is 5.82. The van der Waals surface area contributed by atoms with Gasteiger partial charge in [0.15, 0.2) is 0 Å². The van der Waals surface area contributed by atoms with Crippen molar-refractivity contribution in [3.63, 3.8) is 0 Å². The molecule has 3 aromatic rings. The van der Waals surface area contributed by atoms with Crippen LogP contribution >= 0.6 is 11.3 Å². The molecule has 1 aromatic carbocycles. The van der Waals surface area contributed by atoms with E-state index in [0.717, 1.165) is 36.1 Å². The zero-order chi connectivity index (χ0) is 18.1. The van der Waals surface area contributed by atoms with Crippen molar-refractivity contribution in [3.05, 3.63) is 56.4 Å². The van der Waals surface area contributed by atoms with E-state index in [4.69, 9.17) is 4.74 Å². The number of aryl methyl sites for hydroxylation is 2. The number of anilines is 1. The zero-order valence-corrected chi connectivity index (χ0v) is 15.2. The average molecular weight is 369 g/mol. The number of hydrogen-bond acceptors (Lipinski definition) is 6. The van der Waals surface area contributed by atoms with Crippen molar-refractivity contribution in [2.45, 2.75) is 32.3 Å². The average Bonchev–Trinajstić information content (AvgIpc) is 3.05. The summed E-state index contributed by atoms with van der Waals surface area (Å²) in [6.45, 7) is -0.0649. The van der Waals surface area contributed by atoms with E-state index < -0.39 is 5.97 Å². The van der Waals surface area contributed by atoms with Crippen molar-refractivity contribution in [1.29, 1.82) is 0 Å². The highest BCUT2D eigenvalue weighted by Crippen LogP contribution is 2.33. The van der Waals surface area contributed by atoms with E-state index in [9.17, 15) is 9.59 Å². The zero-order valence-electron chi connectivity index (χ0n) is 14.4. The molecule has 0 aliphatic heterocycles. The molecule has 0 radical (unpaired) electrons. The van der Waals surface area contributed by atoms with Gasteiger partial charge in [-0.15, -0.1) is 11.3 Å². The van der Waals surface area contributed by atoms with Gasteiger partial charge in [-0.2, -0.15) is 0 Å². The Morgan fingerprint density at radius 2 is 2.12 bits per heavy atom. The van der Waals surface area contributed by atoms with Crippen molar-refractivity contribution in [2.75, 3.05) is 12.4 Å². The predicted molar refractivity (Wildman–Crippen MR) is 102 cm³/mol. The fraction of sp³-hybridized carbons (Fsp3) is 0.316. The molecule has 1 aliphatic rings. The number of carbonyl (C=O) groups excluding carboxylic acids is 1. The van der Waals surface area contributed by atoms with Crippen LogP contribution in [0.2, 0.25) is 0 Å². The third kappa shape index (κ3) is 2.99. The van der Waals surface area contributed by atoms with E-state index >= 15 is 0 Å². The first-order valence-corrected chi connectivity index (χ1v) is 9.46. The third-order valence-electron chi connectivity index (χ3n) is 4.63. The summed E-state index contributed by atoms with van der Waals surface area (Å²) in [5.74, 6) is -0.0837. The first-order chi connectivity index (χ1) is 12.7. The second kappa shape index (κ2) is 6.92. The van der Waals surface area contributed by atoms with Gasteiger partial charge in [-0.1, -0.05) is 12.1 Å². The van der Waals surface area contributed by atoms with Crippen LogP contribution in [-0.2, 0) is 24.2 Å². The molecular formula is C19H19N3O3S. The highest BCUT2D eigenvalue weighted by molar-refractivity contribution is 7.18. The molecule has 0 spiro atoms. The number of hydrogen-bond donors (Lipinski definition) is 2. The van der Waals surface area contributed by atoms with Crippen molar-refractivity contribution in [3.8, 4) is 0 Å². The van der Waals surface area contributed by atoms with Crippen LogP contribution in [0.3, 0.4) is 0 Å². The predicted octanol–water partition coefficient (Wildman–Crippen LogP) is 3.26. The van der Waals surface area contributed by atoms with Gasteiger partial charge in [0.2, 0.25) is 0 Å². The minimum absolute atomic E-state index is 0.0649. The number of para-hydroxylation sites is 1. The number of thiophene rings is 1. The lowest BCUT2D eigenvalue weighted by molar-refractivity contribution is 0.0463. The lowest BCUT2D eigenvalue weighted by Gasteiger charge is -2.10. The van der Waals surface area contributed by atoms with Crippen LogP contribution in [0, 0.1) is 0 Å². The molecule has 4 rings (SSSR count). The molecule has 2 heterocycles. The Bertz CT molecular complexity index is 1040. The van der Waals surface area contributed by atoms with Gasteiger partial charge in [-0.25, -0.2) is 9.78 Å². The van der Waals surface area contributed by atoms with Crippen molar-refractivity contribution in [2.24, 2.45) is 0 Å². The molecular weight excluding hydrogens is 350 g/mol. The Balaban J connectivity index is 1.58. The monoisotopic (exact) mass is 369 g/mol. The Morgan fingerprint density at radius 3 is 2.96 bits per heavy atom. The fourth-order valence-electron chi connectivity index (χ4n) is 3.37. The minimum atomic E-state index is -0.455. The van der Waals surface area contributed by atoms with Gasteiger partial charge in [-0.3, -0.25) is 4.79 Å². The minimum Gasteiger partial charge on any atom is -0.454 e. The molecule has 1 aliphatic carbocycles. The summed E-state index contributed by atoms with van der Waals surface area (Å²) in [5, 5.41) is 3.67. The van der Waals surface area contributed by atoms with Gasteiger partial charge in [0.05, 0.1) is 10.9 Å². The SMILES string of the molecule is CNc1ccccc1C(=O)OCc1nc2sc3c(c2c(=O)[nH]1)CCCC3. The smallest absolute Gasteiger partial charge is 0.340 e. The highest BCUT2D eigenvalue weighted by atomic mass is 32.1. The summed E-state index contributed by atoms with van der Waals surface area (Å²) >= 11 is 1.58. The lowest BCUT2D eigenvalue weighted by Crippen LogP contribution is -2.15. The number of fused-ring (bicyclic) bond motifs is 3. The Hall–Kier alpha value is -2.67. The number of esters is 1. The number of carbonyl (C=O) groups is 1. The molecule has 0 unspecified atom stereocenters. The number of ether oxygens (including phenoxy) is 1. The van der Waals surface area contributed by atoms with Crippen molar-refractivity contribution >= 4 is 33.2 Å². The first kappa shape index (κ1) is 16.8. The topological polar surface area (TPSA) is 84.1 Å². The Morgan fingerprint density at radius 1 is 1.31 bits per heavy atom. The number of nitrogens with zero attached hydrogens (tertiary/aromatic N) is 1. The summed E-state index contributed by atoms with van der Waals surface area (Å²) in [7, 11) is 1.75. The van der Waals surface area contributed by atoms with Crippen LogP contribution in [0.4, 0.5) is 5.69 Å². The van der Waals surface area contributed by atoms with Gasteiger partial charge in [0, 0.05) is 17.6 Å². The van der Waals surface area contributed by atoms with Gasteiger partial charge < -0.3 is 15.0 Å². The summed E-state index contributed by atoms with van der Waals surface area (Å²) in [6, 6.07) is 7.12. The van der Waals surface area contributed by atoms with Crippen molar-refractivity contribution < 1.29 is 9.53 Å². The van der Waals surface area contributed by atoms with Crippen LogP contribution in [-0.4, -0.2) is 23.0 Å². The van der Waals surface area contributed by atoms with Crippen LogP contribution in [0.25, 0.3) is 10.2 Å². The molecule has 2 aromatic heterocycles. The molecule has 26 heavy (non-hydrogen) atoms. The van der Waals surface area contributed by atoms with E-state index in [0.29, 0.717) is 22.5 Å². The summed E-state index contributed by atoms with van der Waals surface area (Å²) in [6.07, 6.45) is 4.23. The van der Waals surface area contributed by atoms with Crippen LogP contribution in [0.1, 0.15) is 39.5 Å². The highest BCUT2D eigenvalue weighted by Gasteiger charge is 2.20. The number of aromatic nitrogens is 2. The first-order valence-electron chi connectivity index (χ1n) is 8.64. The molecule has 0 fully saturated rings. The molecule has 0 amide bonds. The van der Waals surface area contributed by atoms with E-state index in [2.05, 4.69) is 15.3 Å². The van der Waals surface area contributed by atoms with E-state index in [1.54, 1.807) is 36.6 Å². The molecule has 0 bridgehead atoms. The lowest BCUT2D eigenvalue weighted by atomic mass is 9.97. The van der Waals surface area contributed by atoms with Crippen LogP contribution < -0.4 is 10.9 Å². The van der Waals surface area contributed by atoms with E-state index in [1.165, 1.54) is 4.88 Å². The maximum absolute atomic E-state index is 12.5. The summed E-state index contributed by atoms with van der Waals surface area (Å²) in [4.78, 5) is 34.1. The van der Waals surface area contributed by atoms with Gasteiger partial charge in [0.25, 0.3) is 5.56 Å². The maximum Gasteiger partial charge on any atom is 0.340 e. The summed E-state index contributed by atoms with van der Waals surface area (Å²) in [5.41, 5.74) is 2.15. The number of H-pyrrole nitrogens is 1. The summed E-state index contributed by atoms with van der Waals surface area (Å²) < 4.78 is 5.36. The molecule has 0 saturated heterocycles. The number of aromatic amines is 1. The number of benzene rings is 1. The largest absolute Gasteiger partial charge is 0.454 e. The van der Waals surface area contributed by atoms with Crippen LogP contribution in [0.15, 0.2) is 29.1 Å². The molecule has 2 N–H and O–H groups in total. The van der Waals surface area contributed by atoms with Crippen molar-refractivity contribution in [1.82, 2.24) is 9.97 Å². The number of rotatable bonds is 4. The molecule has 6 nitrogen and oxygen atoms in total. The fourth-order valence-corrected chi connectivity index (χ4v) is 4.65. The Labute approximate surface area is 154 Å². The quantitative estimate of drug-likeness (QED) is 0.690. The molecule has 0 saturated carbocycles. The van der Waals surface area contributed by atoms with Crippen LogP contribution in [0.5, 0.6) is 0 Å². The van der Waals surface area contributed by atoms with E-state index in [-0.39, 0.29) is 12.2 Å². The normalized spacial score (nSPS) is 13.4. The second-order valence-electron chi connectivity index (χ2n) is 6.28. The standard InChI is InChI=1S/C19H19N3O3S/c1-20-13-8-4-2-6-11(13)19(24)25-10-15-21-17(23)16-12-7-3-5-9-14(12)26-18(16)22-15/h2,4,6,8,20H,3,5,7,9-10H2,1H3,(H,21,22,23). The van der Waals surface area contributed by atoms with E-state index in [1.807, 2.05) is 6.07 Å². The number of nitrogens with one attached hydrogen (secondary N) is 2. The molecule has 0 atom stereocenters. The maximum atomic E-state index is 12.5. The van der Waals surface area contributed by atoms with Gasteiger partial charge in [-0.05, 0) is 43.4 Å². The Kier molecular flexibility index (Phi) is 4.46. The second-order valence-corrected chi connectivity index (χ2v) is 7.36. The molecule has 134 valence electrons. The molecule has 7 heteroatoms. The van der Waals surface area contributed by atoms with Gasteiger partial charge in [0.1, 0.15) is 17.3 Å². The van der Waals surface area contributed by atoms with Gasteiger partial charge >= 0.3 is 5.97 Å².